The minimum Gasteiger partial charge on any atom is -0.494 e. The smallest absolute Gasteiger partial charge is 0.256 e. The number of hydrogen-bond acceptors (Lipinski definition) is 3. The Labute approximate surface area is 121 Å². The Morgan fingerprint density at radius 3 is 2.71 bits per heavy atom. The van der Waals surface area contributed by atoms with Crippen molar-refractivity contribution < 1.29 is 9.53 Å². The van der Waals surface area contributed by atoms with Gasteiger partial charge in [-0.2, -0.15) is 5.10 Å². The molecule has 5 nitrogen and oxygen atoms in total. The number of hydrogen-bond donors (Lipinski definition) is 2. The standard InChI is InChI=1S/C16H15N3O2/c1-2-21-12-9-7-11(8-10-12)16(20)17-15-13-5-3-4-6-14(13)18-19-15/h3-10H,2H2,1H3,(H2,17,18,19,20). The van der Waals surface area contributed by atoms with E-state index >= 15 is 0 Å². The predicted octanol–water partition coefficient (Wildman–Crippen LogP) is 3.21. The number of carbonyl (C=O) groups is 1. The third-order valence-electron chi connectivity index (χ3n) is 3.13. The van der Waals surface area contributed by atoms with Crippen molar-refractivity contribution in [3.05, 3.63) is 54.1 Å². The molecule has 3 aromatic rings. The number of aromatic nitrogens is 2. The Kier molecular flexibility index (Phi) is 3.55. The lowest BCUT2D eigenvalue weighted by Gasteiger charge is -2.05. The largest absolute Gasteiger partial charge is 0.494 e. The van der Waals surface area contributed by atoms with Crippen molar-refractivity contribution in [1.29, 1.82) is 0 Å². The maximum absolute atomic E-state index is 12.2. The molecule has 1 aromatic heterocycles. The molecule has 2 aromatic carbocycles. The van der Waals surface area contributed by atoms with E-state index in [1.54, 1.807) is 24.3 Å². The highest BCUT2D eigenvalue weighted by molar-refractivity contribution is 6.07. The third kappa shape index (κ3) is 2.72. The Bertz CT molecular complexity index is 763. The summed E-state index contributed by atoms with van der Waals surface area (Å²) in [6.45, 7) is 2.52. The number of benzene rings is 2. The fourth-order valence-corrected chi connectivity index (χ4v) is 2.11. The molecule has 21 heavy (non-hydrogen) atoms. The first kappa shape index (κ1) is 13.2. The number of aromatic amines is 1. The van der Waals surface area contributed by atoms with Gasteiger partial charge < -0.3 is 10.1 Å². The zero-order valence-corrected chi connectivity index (χ0v) is 11.6. The van der Waals surface area contributed by atoms with Gasteiger partial charge in [0.2, 0.25) is 0 Å². The van der Waals surface area contributed by atoms with Crippen molar-refractivity contribution in [3.63, 3.8) is 0 Å². The molecule has 0 saturated heterocycles. The Hall–Kier alpha value is -2.82. The van der Waals surface area contributed by atoms with Gasteiger partial charge in [0.15, 0.2) is 5.82 Å². The number of nitrogens with one attached hydrogen (secondary N) is 2. The quantitative estimate of drug-likeness (QED) is 0.771. The van der Waals surface area contributed by atoms with E-state index in [-0.39, 0.29) is 5.91 Å². The SMILES string of the molecule is CCOc1ccc(C(=O)Nc2n[nH]c3ccccc23)cc1. The zero-order valence-electron chi connectivity index (χ0n) is 11.6. The molecule has 3 rings (SSSR count). The zero-order chi connectivity index (χ0) is 14.7. The van der Waals surface area contributed by atoms with Gasteiger partial charge in [-0.25, -0.2) is 0 Å². The number of anilines is 1. The van der Waals surface area contributed by atoms with Crippen LogP contribution in [0, 0.1) is 0 Å². The number of fused-ring (bicyclic) bond motifs is 1. The molecule has 106 valence electrons. The maximum atomic E-state index is 12.2. The molecule has 0 spiro atoms. The van der Waals surface area contributed by atoms with Crippen LogP contribution in [0.2, 0.25) is 0 Å². The fourth-order valence-electron chi connectivity index (χ4n) is 2.11. The summed E-state index contributed by atoms with van der Waals surface area (Å²) in [6, 6.07) is 14.7. The summed E-state index contributed by atoms with van der Waals surface area (Å²) < 4.78 is 5.36. The van der Waals surface area contributed by atoms with Gasteiger partial charge in [-0.05, 0) is 43.3 Å². The Morgan fingerprint density at radius 1 is 1.19 bits per heavy atom. The van der Waals surface area contributed by atoms with Crippen molar-refractivity contribution in [2.45, 2.75) is 6.92 Å². The van der Waals surface area contributed by atoms with Gasteiger partial charge in [0.25, 0.3) is 5.91 Å². The molecular formula is C16H15N3O2. The highest BCUT2D eigenvalue weighted by Gasteiger charge is 2.10. The van der Waals surface area contributed by atoms with Crippen LogP contribution in [-0.2, 0) is 0 Å². The van der Waals surface area contributed by atoms with Crippen LogP contribution in [0.5, 0.6) is 5.75 Å². The number of rotatable bonds is 4. The van der Waals surface area contributed by atoms with E-state index in [1.165, 1.54) is 0 Å². The Balaban J connectivity index is 1.79. The molecule has 1 amide bonds. The van der Waals surface area contributed by atoms with Crippen molar-refractivity contribution in [2.75, 3.05) is 11.9 Å². The third-order valence-corrected chi connectivity index (χ3v) is 3.13. The average molecular weight is 281 g/mol. The average Bonchev–Trinajstić information content (AvgIpc) is 2.92. The minimum absolute atomic E-state index is 0.199. The maximum Gasteiger partial charge on any atom is 0.256 e. The van der Waals surface area contributed by atoms with E-state index in [1.807, 2.05) is 31.2 Å². The lowest BCUT2D eigenvalue weighted by molar-refractivity contribution is 0.102. The van der Waals surface area contributed by atoms with E-state index in [0.29, 0.717) is 18.0 Å². The highest BCUT2D eigenvalue weighted by atomic mass is 16.5. The number of H-pyrrole nitrogens is 1. The van der Waals surface area contributed by atoms with Crippen molar-refractivity contribution in [2.24, 2.45) is 0 Å². The first-order valence-electron chi connectivity index (χ1n) is 6.75. The number of nitrogens with zero attached hydrogens (tertiary/aromatic N) is 1. The van der Waals surface area contributed by atoms with Gasteiger partial charge in [0.05, 0.1) is 12.1 Å². The first-order valence-corrected chi connectivity index (χ1v) is 6.75. The summed E-state index contributed by atoms with van der Waals surface area (Å²) >= 11 is 0. The molecule has 0 aliphatic carbocycles. The number of carbonyl (C=O) groups excluding carboxylic acids is 1. The number of ether oxygens (including phenoxy) is 1. The van der Waals surface area contributed by atoms with E-state index < -0.39 is 0 Å². The lowest BCUT2D eigenvalue weighted by Crippen LogP contribution is -2.12. The van der Waals surface area contributed by atoms with Gasteiger partial charge >= 0.3 is 0 Å². The summed E-state index contributed by atoms with van der Waals surface area (Å²) in [7, 11) is 0. The van der Waals surface area contributed by atoms with E-state index in [2.05, 4.69) is 15.5 Å². The van der Waals surface area contributed by atoms with Gasteiger partial charge in [-0.15, -0.1) is 0 Å². The fraction of sp³-hybridized carbons (Fsp3) is 0.125. The first-order chi connectivity index (χ1) is 10.3. The van der Waals surface area contributed by atoms with Gasteiger partial charge in [-0.3, -0.25) is 9.89 Å². The van der Waals surface area contributed by atoms with Gasteiger partial charge in [-0.1, -0.05) is 12.1 Å². The topological polar surface area (TPSA) is 67.0 Å². The monoisotopic (exact) mass is 281 g/mol. The normalized spacial score (nSPS) is 10.5. The second kappa shape index (κ2) is 5.66. The van der Waals surface area contributed by atoms with Crippen LogP contribution in [-0.4, -0.2) is 22.7 Å². The van der Waals surface area contributed by atoms with Crippen molar-refractivity contribution >= 4 is 22.6 Å². The summed E-state index contributed by atoms with van der Waals surface area (Å²) in [4.78, 5) is 12.2. The van der Waals surface area contributed by atoms with Crippen LogP contribution in [0.4, 0.5) is 5.82 Å². The van der Waals surface area contributed by atoms with E-state index in [9.17, 15) is 4.79 Å². The van der Waals surface area contributed by atoms with E-state index in [4.69, 9.17) is 4.74 Å². The molecular weight excluding hydrogens is 266 g/mol. The van der Waals surface area contributed by atoms with Crippen LogP contribution >= 0.6 is 0 Å². The lowest BCUT2D eigenvalue weighted by atomic mass is 10.2. The molecule has 1 heterocycles. The van der Waals surface area contributed by atoms with Crippen LogP contribution in [0.15, 0.2) is 48.5 Å². The summed E-state index contributed by atoms with van der Waals surface area (Å²) in [5, 5.41) is 10.7. The molecule has 0 aliphatic rings. The molecule has 0 bridgehead atoms. The second-order valence-electron chi connectivity index (χ2n) is 4.53. The molecule has 0 aliphatic heterocycles. The summed E-state index contributed by atoms with van der Waals surface area (Å²) in [6.07, 6.45) is 0. The molecule has 0 radical (unpaired) electrons. The van der Waals surface area contributed by atoms with E-state index in [0.717, 1.165) is 16.7 Å². The van der Waals surface area contributed by atoms with Crippen LogP contribution in [0.3, 0.4) is 0 Å². The highest BCUT2D eigenvalue weighted by Crippen LogP contribution is 2.20. The van der Waals surface area contributed by atoms with Crippen LogP contribution in [0.1, 0.15) is 17.3 Å². The number of para-hydroxylation sites is 1. The van der Waals surface area contributed by atoms with Gasteiger partial charge in [0.1, 0.15) is 5.75 Å². The molecule has 2 N–H and O–H groups in total. The van der Waals surface area contributed by atoms with Crippen molar-refractivity contribution in [1.82, 2.24) is 10.2 Å². The van der Waals surface area contributed by atoms with Crippen LogP contribution < -0.4 is 10.1 Å². The van der Waals surface area contributed by atoms with Crippen LogP contribution in [0.25, 0.3) is 10.9 Å². The summed E-state index contributed by atoms with van der Waals surface area (Å²) in [5.41, 5.74) is 1.45. The molecule has 0 saturated carbocycles. The molecule has 0 fully saturated rings. The Morgan fingerprint density at radius 2 is 1.95 bits per heavy atom. The molecule has 0 atom stereocenters. The molecule has 0 unspecified atom stereocenters. The molecule has 5 heteroatoms. The second-order valence-corrected chi connectivity index (χ2v) is 4.53. The van der Waals surface area contributed by atoms with Gasteiger partial charge in [0, 0.05) is 10.9 Å². The van der Waals surface area contributed by atoms with Crippen molar-refractivity contribution in [3.8, 4) is 5.75 Å². The minimum atomic E-state index is -0.199. The predicted molar refractivity (Wildman–Crippen MR) is 81.7 cm³/mol. The summed E-state index contributed by atoms with van der Waals surface area (Å²) in [5.74, 6) is 1.08. The number of amides is 1.